The van der Waals surface area contributed by atoms with E-state index in [2.05, 4.69) is 20.2 Å². The smallest absolute Gasteiger partial charge is 0.328 e. The molecule has 2 amide bonds. The number of amides is 2. The molecular formula is C25H27F2N7O. The summed E-state index contributed by atoms with van der Waals surface area (Å²) in [6.45, 7) is 2.67. The average Bonchev–Trinajstić information content (AvgIpc) is 3.17. The Morgan fingerprint density at radius 2 is 1.97 bits per heavy atom. The molecule has 35 heavy (non-hydrogen) atoms. The molecule has 3 aromatic rings. The minimum atomic E-state index is -2.71. The van der Waals surface area contributed by atoms with Gasteiger partial charge in [0.05, 0.1) is 17.9 Å². The molecule has 182 valence electrons. The fraction of sp³-hybridized carbons (Fsp3) is 0.360. The molecule has 5 rings (SSSR count). The van der Waals surface area contributed by atoms with E-state index in [0.717, 1.165) is 24.2 Å². The van der Waals surface area contributed by atoms with Crippen molar-refractivity contribution in [3.05, 3.63) is 54.9 Å². The molecule has 3 aromatic heterocycles. The number of urea groups is 1. The highest BCUT2D eigenvalue weighted by Gasteiger charge is 2.39. The maximum Gasteiger partial charge on any atom is 0.328 e. The lowest BCUT2D eigenvalue weighted by atomic mass is 10.1. The van der Waals surface area contributed by atoms with Gasteiger partial charge >= 0.3 is 6.03 Å². The standard InChI is InChI=1S/C25H27F2N7O/c1-17-9-13-32(2)20-7-6-19(18-8-12-29-22(15-18)33-14-10-25(26,27)16-33)30-23(20)34(17)24(35)31-21-5-3-4-11-28-21/h3-8,11-12,15,17H,9-10,13-14,16H2,1-2H3,(H,28,31,35)/t17-/m1/s1. The second kappa shape index (κ2) is 9.09. The Labute approximate surface area is 202 Å². The van der Waals surface area contributed by atoms with Crippen LogP contribution in [-0.4, -0.2) is 59.6 Å². The van der Waals surface area contributed by atoms with Crippen LogP contribution in [0, 0.1) is 0 Å². The summed E-state index contributed by atoms with van der Waals surface area (Å²) in [6.07, 6.45) is 3.81. The van der Waals surface area contributed by atoms with Crippen molar-refractivity contribution in [3.8, 4) is 11.3 Å². The molecule has 1 N–H and O–H groups in total. The highest BCUT2D eigenvalue weighted by molar-refractivity contribution is 6.03. The van der Waals surface area contributed by atoms with Gasteiger partial charge in [-0.2, -0.15) is 0 Å². The largest absolute Gasteiger partial charge is 0.372 e. The summed E-state index contributed by atoms with van der Waals surface area (Å²) >= 11 is 0. The van der Waals surface area contributed by atoms with Crippen LogP contribution in [0.1, 0.15) is 19.8 Å². The van der Waals surface area contributed by atoms with Crippen LogP contribution in [0.15, 0.2) is 54.9 Å². The molecule has 1 atom stereocenters. The van der Waals surface area contributed by atoms with Gasteiger partial charge in [-0.3, -0.25) is 10.2 Å². The maximum absolute atomic E-state index is 13.7. The van der Waals surface area contributed by atoms with E-state index in [0.29, 0.717) is 23.1 Å². The normalized spacial score (nSPS) is 19.3. The molecule has 2 aliphatic heterocycles. The van der Waals surface area contributed by atoms with Gasteiger partial charge < -0.3 is 9.80 Å². The van der Waals surface area contributed by atoms with Crippen LogP contribution < -0.4 is 20.0 Å². The zero-order chi connectivity index (χ0) is 24.6. The number of hydrogen-bond acceptors (Lipinski definition) is 6. The monoisotopic (exact) mass is 479 g/mol. The van der Waals surface area contributed by atoms with E-state index in [1.807, 2.05) is 32.2 Å². The number of carbonyl (C=O) groups excluding carboxylic acids is 1. The topological polar surface area (TPSA) is 77.5 Å². The number of nitrogens with one attached hydrogen (secondary N) is 1. The zero-order valence-corrected chi connectivity index (χ0v) is 19.7. The summed E-state index contributed by atoms with van der Waals surface area (Å²) in [5.74, 6) is -1.22. The van der Waals surface area contributed by atoms with Gasteiger partial charge in [-0.15, -0.1) is 0 Å². The van der Waals surface area contributed by atoms with Crippen molar-refractivity contribution in [3.63, 3.8) is 0 Å². The summed E-state index contributed by atoms with van der Waals surface area (Å²) in [5.41, 5.74) is 2.22. The molecule has 0 radical (unpaired) electrons. The van der Waals surface area contributed by atoms with E-state index in [1.54, 1.807) is 46.5 Å². The molecule has 8 nitrogen and oxygen atoms in total. The Kier molecular flexibility index (Phi) is 5.96. The molecule has 5 heterocycles. The Bertz CT molecular complexity index is 1220. The Morgan fingerprint density at radius 3 is 2.71 bits per heavy atom. The number of rotatable bonds is 3. The van der Waals surface area contributed by atoms with Crippen LogP contribution in [-0.2, 0) is 0 Å². The van der Waals surface area contributed by atoms with Crippen LogP contribution >= 0.6 is 0 Å². The van der Waals surface area contributed by atoms with Gasteiger partial charge in [-0.05, 0) is 49.7 Å². The predicted molar refractivity (Wildman–Crippen MR) is 132 cm³/mol. The summed E-state index contributed by atoms with van der Waals surface area (Å²) < 4.78 is 27.5. The van der Waals surface area contributed by atoms with Crippen molar-refractivity contribution in [2.45, 2.75) is 31.7 Å². The van der Waals surface area contributed by atoms with Gasteiger partial charge in [0.2, 0.25) is 0 Å². The zero-order valence-electron chi connectivity index (χ0n) is 19.7. The van der Waals surface area contributed by atoms with Crippen molar-refractivity contribution in [2.24, 2.45) is 0 Å². The number of pyridine rings is 3. The quantitative estimate of drug-likeness (QED) is 0.589. The number of aromatic nitrogens is 3. The minimum absolute atomic E-state index is 0.106. The van der Waals surface area contributed by atoms with E-state index in [-0.39, 0.29) is 31.6 Å². The summed E-state index contributed by atoms with van der Waals surface area (Å²) in [4.78, 5) is 32.1. The highest BCUT2D eigenvalue weighted by Crippen LogP contribution is 2.36. The first-order valence-electron chi connectivity index (χ1n) is 11.6. The van der Waals surface area contributed by atoms with E-state index in [4.69, 9.17) is 4.98 Å². The van der Waals surface area contributed by atoms with Crippen molar-refractivity contribution in [1.29, 1.82) is 0 Å². The van der Waals surface area contributed by atoms with E-state index in [9.17, 15) is 13.6 Å². The van der Waals surface area contributed by atoms with Crippen molar-refractivity contribution >= 4 is 29.2 Å². The van der Waals surface area contributed by atoms with E-state index in [1.165, 1.54) is 0 Å². The first kappa shape index (κ1) is 22.9. The third-order valence-corrected chi connectivity index (χ3v) is 6.47. The van der Waals surface area contributed by atoms with Crippen LogP contribution in [0.5, 0.6) is 0 Å². The molecule has 0 spiro atoms. The summed E-state index contributed by atoms with van der Waals surface area (Å²) in [6, 6.07) is 12.3. The first-order valence-corrected chi connectivity index (χ1v) is 11.6. The van der Waals surface area contributed by atoms with Crippen molar-refractivity contribution < 1.29 is 13.6 Å². The average molecular weight is 480 g/mol. The van der Waals surface area contributed by atoms with E-state index >= 15 is 0 Å². The van der Waals surface area contributed by atoms with Gasteiger partial charge in [0.15, 0.2) is 5.82 Å². The lowest BCUT2D eigenvalue weighted by Crippen LogP contribution is -2.42. The third-order valence-electron chi connectivity index (χ3n) is 6.47. The first-order chi connectivity index (χ1) is 16.8. The SMILES string of the molecule is C[C@@H]1CCN(C)c2ccc(-c3ccnc(N4CCC(F)(F)C4)c3)nc2N1C(=O)Nc1ccccn1. The van der Waals surface area contributed by atoms with Gasteiger partial charge in [-0.25, -0.2) is 28.5 Å². The number of fused-ring (bicyclic) bond motifs is 1. The van der Waals surface area contributed by atoms with Crippen molar-refractivity contribution in [1.82, 2.24) is 15.0 Å². The fourth-order valence-electron chi connectivity index (χ4n) is 4.50. The second-order valence-electron chi connectivity index (χ2n) is 9.04. The van der Waals surface area contributed by atoms with Gasteiger partial charge in [0.1, 0.15) is 11.6 Å². The molecule has 10 heteroatoms. The lowest BCUT2D eigenvalue weighted by molar-refractivity contribution is 0.0256. The van der Waals surface area contributed by atoms with Crippen LogP contribution in [0.3, 0.4) is 0 Å². The Hall–Kier alpha value is -3.82. The summed E-state index contributed by atoms with van der Waals surface area (Å²) in [7, 11) is 1.98. The summed E-state index contributed by atoms with van der Waals surface area (Å²) in [5, 5.41) is 2.87. The molecular weight excluding hydrogens is 452 g/mol. The van der Waals surface area contributed by atoms with E-state index < -0.39 is 5.92 Å². The molecule has 0 aromatic carbocycles. The number of halogens is 2. The second-order valence-corrected chi connectivity index (χ2v) is 9.04. The van der Waals surface area contributed by atoms with Crippen LogP contribution in [0.2, 0.25) is 0 Å². The van der Waals surface area contributed by atoms with Gasteiger partial charge in [0, 0.05) is 50.6 Å². The molecule has 1 fully saturated rings. The Morgan fingerprint density at radius 1 is 1.11 bits per heavy atom. The van der Waals surface area contributed by atoms with Gasteiger partial charge in [0.25, 0.3) is 5.92 Å². The molecule has 0 bridgehead atoms. The number of alkyl halides is 2. The van der Waals surface area contributed by atoms with Crippen LogP contribution in [0.25, 0.3) is 11.3 Å². The van der Waals surface area contributed by atoms with Crippen molar-refractivity contribution in [2.75, 3.05) is 46.7 Å². The number of hydrogen-bond donors (Lipinski definition) is 1. The third kappa shape index (κ3) is 4.73. The minimum Gasteiger partial charge on any atom is -0.372 e. The molecule has 2 aliphatic rings. The van der Waals surface area contributed by atoms with Gasteiger partial charge in [-0.1, -0.05) is 6.07 Å². The molecule has 1 saturated heterocycles. The Balaban J connectivity index is 1.50. The predicted octanol–water partition coefficient (Wildman–Crippen LogP) is 4.65. The van der Waals surface area contributed by atoms with Crippen LogP contribution in [0.4, 0.5) is 36.7 Å². The molecule has 0 unspecified atom stereocenters. The molecule has 0 aliphatic carbocycles. The number of nitrogens with zero attached hydrogens (tertiary/aromatic N) is 6. The number of anilines is 4. The number of carbonyl (C=O) groups is 1. The molecule has 0 saturated carbocycles. The highest BCUT2D eigenvalue weighted by atomic mass is 19.3. The maximum atomic E-state index is 13.7. The lowest BCUT2D eigenvalue weighted by Gasteiger charge is -2.28. The fourth-order valence-corrected chi connectivity index (χ4v) is 4.50.